The topological polar surface area (TPSA) is 44.8 Å². The number of hydrogen-bond donors (Lipinski definition) is 1. The number of ether oxygens (including phenoxy) is 1. The molecular formula is C11H23N3O2. The molecule has 0 aromatic carbocycles. The van der Waals surface area contributed by atoms with E-state index in [2.05, 4.69) is 10.2 Å². The zero-order chi connectivity index (χ0) is 11.8. The minimum Gasteiger partial charge on any atom is -0.385 e. The van der Waals surface area contributed by atoms with Crippen molar-refractivity contribution in [2.45, 2.75) is 6.42 Å². The summed E-state index contributed by atoms with van der Waals surface area (Å²) in [4.78, 5) is 15.8. The molecule has 5 heteroatoms. The summed E-state index contributed by atoms with van der Waals surface area (Å²) in [5.74, 6) is 0.206. The van der Waals surface area contributed by atoms with Gasteiger partial charge in [0.15, 0.2) is 0 Å². The lowest BCUT2D eigenvalue weighted by atomic mass is 10.3. The van der Waals surface area contributed by atoms with Gasteiger partial charge in [-0.3, -0.25) is 9.69 Å². The van der Waals surface area contributed by atoms with Gasteiger partial charge in [-0.25, -0.2) is 0 Å². The minimum atomic E-state index is 0.206. The lowest BCUT2D eigenvalue weighted by Gasteiger charge is -2.28. The molecule has 0 unspecified atom stereocenters. The maximum atomic E-state index is 11.8. The van der Waals surface area contributed by atoms with Crippen molar-refractivity contribution in [1.29, 1.82) is 0 Å². The third-order valence-electron chi connectivity index (χ3n) is 2.84. The number of methoxy groups -OCH3 is 1. The molecule has 0 aromatic rings. The Kier molecular flexibility index (Phi) is 6.37. The number of likely N-dealkylation sites (N-methyl/N-ethyl adjacent to an activating group) is 1. The van der Waals surface area contributed by atoms with E-state index in [4.69, 9.17) is 4.74 Å². The van der Waals surface area contributed by atoms with Crippen LogP contribution in [0.4, 0.5) is 0 Å². The molecule has 16 heavy (non-hydrogen) atoms. The van der Waals surface area contributed by atoms with E-state index in [-0.39, 0.29) is 5.91 Å². The van der Waals surface area contributed by atoms with Crippen molar-refractivity contribution in [3.05, 3.63) is 0 Å². The normalized spacial score (nSPS) is 17.4. The molecule has 0 aromatic heterocycles. The molecule has 0 spiro atoms. The Labute approximate surface area is 97.7 Å². The Morgan fingerprint density at radius 3 is 2.75 bits per heavy atom. The summed E-state index contributed by atoms with van der Waals surface area (Å²) in [6.07, 6.45) is 0.903. The quantitative estimate of drug-likeness (QED) is 0.617. The van der Waals surface area contributed by atoms with E-state index in [1.165, 1.54) is 0 Å². The summed E-state index contributed by atoms with van der Waals surface area (Å²) < 4.78 is 4.97. The highest BCUT2D eigenvalue weighted by Crippen LogP contribution is 1.96. The second-order valence-corrected chi connectivity index (χ2v) is 4.19. The predicted octanol–water partition coefficient (Wildman–Crippen LogP) is -0.613. The van der Waals surface area contributed by atoms with Crippen molar-refractivity contribution in [1.82, 2.24) is 15.1 Å². The van der Waals surface area contributed by atoms with Gasteiger partial charge in [0, 0.05) is 53.5 Å². The van der Waals surface area contributed by atoms with Crippen molar-refractivity contribution >= 4 is 5.91 Å². The van der Waals surface area contributed by atoms with Crippen LogP contribution >= 0.6 is 0 Å². The van der Waals surface area contributed by atoms with Crippen LogP contribution in [0.2, 0.25) is 0 Å². The van der Waals surface area contributed by atoms with Gasteiger partial charge < -0.3 is 15.0 Å². The Morgan fingerprint density at radius 2 is 2.12 bits per heavy atom. The average molecular weight is 229 g/mol. The van der Waals surface area contributed by atoms with E-state index >= 15 is 0 Å². The number of carbonyl (C=O) groups excluding carboxylic acids is 1. The number of rotatable bonds is 6. The first-order chi connectivity index (χ1) is 7.74. The summed E-state index contributed by atoms with van der Waals surface area (Å²) in [7, 11) is 3.54. The zero-order valence-electron chi connectivity index (χ0n) is 10.4. The molecule has 1 saturated heterocycles. The fourth-order valence-corrected chi connectivity index (χ4v) is 1.75. The van der Waals surface area contributed by atoms with Crippen LogP contribution in [-0.4, -0.2) is 75.7 Å². The van der Waals surface area contributed by atoms with Gasteiger partial charge >= 0.3 is 0 Å². The van der Waals surface area contributed by atoms with Crippen molar-refractivity contribution in [3.8, 4) is 0 Å². The molecule has 1 aliphatic rings. The smallest absolute Gasteiger partial charge is 0.236 e. The molecule has 0 saturated carbocycles. The Hall–Kier alpha value is -0.650. The second-order valence-electron chi connectivity index (χ2n) is 4.19. The molecule has 1 aliphatic heterocycles. The number of hydrogen-bond acceptors (Lipinski definition) is 4. The lowest BCUT2D eigenvalue weighted by molar-refractivity contribution is -0.131. The fourth-order valence-electron chi connectivity index (χ4n) is 1.75. The van der Waals surface area contributed by atoms with E-state index in [1.807, 2.05) is 7.05 Å². The van der Waals surface area contributed by atoms with Gasteiger partial charge in [-0.1, -0.05) is 0 Å². The zero-order valence-corrected chi connectivity index (χ0v) is 10.4. The van der Waals surface area contributed by atoms with Gasteiger partial charge in [0.25, 0.3) is 0 Å². The van der Waals surface area contributed by atoms with E-state index in [1.54, 1.807) is 12.0 Å². The predicted molar refractivity (Wildman–Crippen MR) is 63.4 cm³/mol. The van der Waals surface area contributed by atoms with Crippen LogP contribution in [-0.2, 0) is 9.53 Å². The lowest BCUT2D eigenvalue weighted by Crippen LogP contribution is -2.48. The molecule has 0 radical (unpaired) electrons. The number of amides is 1. The largest absolute Gasteiger partial charge is 0.385 e. The maximum Gasteiger partial charge on any atom is 0.236 e. The van der Waals surface area contributed by atoms with Crippen LogP contribution in [0, 0.1) is 0 Å². The number of nitrogens with zero attached hydrogens (tertiary/aromatic N) is 2. The number of nitrogens with one attached hydrogen (secondary N) is 1. The standard InChI is InChI=1S/C11H23N3O2/c1-13(6-3-9-16-2)11(15)10-14-7-4-12-5-8-14/h12H,3-10H2,1-2H3. The third-order valence-corrected chi connectivity index (χ3v) is 2.84. The summed E-state index contributed by atoms with van der Waals surface area (Å²) in [5, 5.41) is 3.28. The van der Waals surface area contributed by atoms with E-state index in [0.29, 0.717) is 13.2 Å². The molecule has 1 heterocycles. The minimum absolute atomic E-state index is 0.206. The van der Waals surface area contributed by atoms with Crippen molar-refractivity contribution in [2.75, 3.05) is 60.0 Å². The Balaban J connectivity index is 2.16. The highest BCUT2D eigenvalue weighted by molar-refractivity contribution is 5.77. The van der Waals surface area contributed by atoms with Gasteiger partial charge in [-0.15, -0.1) is 0 Å². The Morgan fingerprint density at radius 1 is 1.44 bits per heavy atom. The van der Waals surface area contributed by atoms with Gasteiger partial charge in [0.2, 0.25) is 5.91 Å². The first kappa shape index (κ1) is 13.4. The number of carbonyl (C=O) groups is 1. The maximum absolute atomic E-state index is 11.8. The molecule has 1 amide bonds. The Bertz CT molecular complexity index is 205. The SMILES string of the molecule is COCCCN(C)C(=O)CN1CCNCC1. The first-order valence-electron chi connectivity index (χ1n) is 5.90. The number of piperazine rings is 1. The fraction of sp³-hybridized carbons (Fsp3) is 0.909. The van der Waals surface area contributed by atoms with E-state index < -0.39 is 0 Å². The molecule has 0 atom stereocenters. The molecule has 5 nitrogen and oxygen atoms in total. The van der Waals surface area contributed by atoms with Crippen LogP contribution in [0.15, 0.2) is 0 Å². The molecule has 0 bridgehead atoms. The molecule has 0 aliphatic carbocycles. The molecule has 1 N–H and O–H groups in total. The summed E-state index contributed by atoms with van der Waals surface area (Å²) in [6.45, 7) is 5.95. The molecule has 1 rings (SSSR count). The average Bonchev–Trinajstić information content (AvgIpc) is 2.30. The van der Waals surface area contributed by atoms with Gasteiger partial charge in [-0.05, 0) is 6.42 Å². The summed E-state index contributed by atoms with van der Waals surface area (Å²) >= 11 is 0. The van der Waals surface area contributed by atoms with Gasteiger partial charge in [-0.2, -0.15) is 0 Å². The highest BCUT2D eigenvalue weighted by Gasteiger charge is 2.15. The monoisotopic (exact) mass is 229 g/mol. The van der Waals surface area contributed by atoms with Crippen LogP contribution in [0.25, 0.3) is 0 Å². The second kappa shape index (κ2) is 7.60. The van der Waals surface area contributed by atoms with Crippen molar-refractivity contribution in [2.24, 2.45) is 0 Å². The van der Waals surface area contributed by atoms with E-state index in [9.17, 15) is 4.79 Å². The van der Waals surface area contributed by atoms with Gasteiger partial charge in [0.1, 0.15) is 0 Å². The van der Waals surface area contributed by atoms with Crippen molar-refractivity contribution in [3.63, 3.8) is 0 Å². The van der Waals surface area contributed by atoms with E-state index in [0.717, 1.165) is 39.1 Å². The van der Waals surface area contributed by atoms with Crippen LogP contribution in [0.1, 0.15) is 6.42 Å². The first-order valence-corrected chi connectivity index (χ1v) is 5.90. The van der Waals surface area contributed by atoms with Gasteiger partial charge in [0.05, 0.1) is 6.54 Å². The molecule has 94 valence electrons. The van der Waals surface area contributed by atoms with Crippen molar-refractivity contribution < 1.29 is 9.53 Å². The van der Waals surface area contributed by atoms with Crippen LogP contribution in [0.3, 0.4) is 0 Å². The van der Waals surface area contributed by atoms with Crippen LogP contribution in [0.5, 0.6) is 0 Å². The summed E-state index contributed by atoms with van der Waals surface area (Å²) in [5.41, 5.74) is 0. The highest BCUT2D eigenvalue weighted by atomic mass is 16.5. The van der Waals surface area contributed by atoms with Crippen LogP contribution < -0.4 is 5.32 Å². The molecular weight excluding hydrogens is 206 g/mol. The summed E-state index contributed by atoms with van der Waals surface area (Å²) in [6, 6.07) is 0. The molecule has 1 fully saturated rings. The third kappa shape index (κ3) is 4.92.